The number of primary amides is 1. The third-order valence-electron chi connectivity index (χ3n) is 10.8. The summed E-state index contributed by atoms with van der Waals surface area (Å²) in [6.07, 6.45) is 3.38. The van der Waals surface area contributed by atoms with Gasteiger partial charge in [-0.25, -0.2) is 0 Å². The van der Waals surface area contributed by atoms with Gasteiger partial charge in [-0.15, -0.1) is 0 Å². The Kier molecular flexibility index (Phi) is 10.6. The Hall–Kier alpha value is -5.48. The summed E-state index contributed by atoms with van der Waals surface area (Å²) in [6, 6.07) is 28.9. The Morgan fingerprint density at radius 2 is 1.49 bits per heavy atom. The number of para-hydroxylation sites is 1. The minimum atomic E-state index is -0.871. The smallest absolute Gasteiger partial charge is 0.246 e. The molecule has 0 aliphatic carbocycles. The number of hydrogen-bond acceptors (Lipinski definition) is 5. The molecule has 0 bridgehead atoms. The number of aromatic amines is 1. The maximum absolute atomic E-state index is 15.2. The van der Waals surface area contributed by atoms with Crippen molar-refractivity contribution in [1.82, 2.24) is 25.0 Å². The van der Waals surface area contributed by atoms with Crippen LogP contribution >= 0.6 is 0 Å². The zero-order valence-corrected chi connectivity index (χ0v) is 30.4. The SMILES string of the molecule is CC(C)C[C@@H](C(N)=O)N1CCN(C(=O)[C@H](Cc2c[nH]c3ccccc23)N2CCN[C@@H](Cc3ccc4ccccc4c3)C2=O)[C@@H](Cc2ccccc2)C1=O. The van der Waals surface area contributed by atoms with Crippen LogP contribution in [0.5, 0.6) is 0 Å². The molecule has 0 unspecified atom stereocenters. The minimum absolute atomic E-state index is 0.134. The molecule has 2 aliphatic heterocycles. The molecular weight excluding hydrogens is 665 g/mol. The first kappa shape index (κ1) is 35.9. The number of H-pyrrole nitrogens is 1. The first-order valence-corrected chi connectivity index (χ1v) is 18.7. The monoisotopic (exact) mass is 712 g/mol. The fourth-order valence-electron chi connectivity index (χ4n) is 8.12. The number of nitrogens with one attached hydrogen (secondary N) is 2. The molecule has 4 atom stereocenters. The molecule has 2 fully saturated rings. The first-order chi connectivity index (χ1) is 25.7. The van der Waals surface area contributed by atoms with E-state index in [1.807, 2.05) is 86.8 Å². The molecule has 7 rings (SSSR count). The molecule has 53 heavy (non-hydrogen) atoms. The molecule has 4 N–H and O–H groups in total. The van der Waals surface area contributed by atoms with E-state index in [1.165, 1.54) is 0 Å². The van der Waals surface area contributed by atoms with Crippen LogP contribution in [0.15, 0.2) is 103 Å². The lowest BCUT2D eigenvalue weighted by Crippen LogP contribution is -2.67. The van der Waals surface area contributed by atoms with Gasteiger partial charge < -0.3 is 30.7 Å². The van der Waals surface area contributed by atoms with Crippen molar-refractivity contribution >= 4 is 45.3 Å². The average molecular weight is 713 g/mol. The molecule has 5 aromatic rings. The highest BCUT2D eigenvalue weighted by molar-refractivity contribution is 5.97. The zero-order valence-electron chi connectivity index (χ0n) is 30.4. The molecule has 0 spiro atoms. The Bertz CT molecular complexity index is 2110. The number of piperazine rings is 2. The van der Waals surface area contributed by atoms with Crippen LogP contribution in [-0.2, 0) is 38.4 Å². The predicted molar refractivity (Wildman–Crippen MR) is 207 cm³/mol. The van der Waals surface area contributed by atoms with Gasteiger partial charge in [-0.1, -0.05) is 105 Å². The normalized spacial score (nSPS) is 19.3. The molecule has 4 aromatic carbocycles. The van der Waals surface area contributed by atoms with Gasteiger partial charge in [-0.2, -0.15) is 0 Å². The van der Waals surface area contributed by atoms with Crippen LogP contribution in [0.1, 0.15) is 37.0 Å². The van der Waals surface area contributed by atoms with Crippen LogP contribution in [-0.4, -0.2) is 93.7 Å². The van der Waals surface area contributed by atoms with Crippen molar-refractivity contribution in [2.75, 3.05) is 26.2 Å². The van der Waals surface area contributed by atoms with Crippen molar-refractivity contribution in [1.29, 1.82) is 0 Å². The first-order valence-electron chi connectivity index (χ1n) is 18.7. The van der Waals surface area contributed by atoms with Gasteiger partial charge in [-0.05, 0) is 52.3 Å². The van der Waals surface area contributed by atoms with E-state index in [2.05, 4.69) is 40.6 Å². The summed E-state index contributed by atoms with van der Waals surface area (Å²) in [5, 5.41) is 6.65. The van der Waals surface area contributed by atoms with Crippen LogP contribution in [0.2, 0.25) is 0 Å². The number of nitrogens with zero attached hydrogens (tertiary/aromatic N) is 3. The standard InChI is InChI=1S/C43H48N6O4/c1-28(2)22-37(40(44)50)48-20-21-49(38(42(48)52)25-29-10-4-3-5-11-29)43(53)39(26-33-27-46-35-15-9-8-14-34(33)35)47-19-18-45-36(41(47)51)24-30-16-17-31-12-6-7-13-32(31)23-30/h3-17,23,27-28,36-39,45-46H,18-22,24-26H2,1-2H3,(H2,44,50)/t36-,37-,38-,39-/m0/s1. The molecule has 4 amide bonds. The molecule has 0 radical (unpaired) electrons. The van der Waals surface area contributed by atoms with Crippen molar-refractivity contribution < 1.29 is 19.2 Å². The third-order valence-corrected chi connectivity index (χ3v) is 10.8. The summed E-state index contributed by atoms with van der Waals surface area (Å²) in [5.41, 5.74) is 9.68. The highest BCUT2D eigenvalue weighted by Crippen LogP contribution is 2.27. The summed E-state index contributed by atoms with van der Waals surface area (Å²) >= 11 is 0. The number of amides is 4. The quantitative estimate of drug-likeness (QED) is 0.176. The van der Waals surface area contributed by atoms with Crippen molar-refractivity contribution in [3.8, 4) is 0 Å². The predicted octanol–water partition coefficient (Wildman–Crippen LogP) is 4.46. The van der Waals surface area contributed by atoms with E-state index < -0.39 is 30.1 Å². The van der Waals surface area contributed by atoms with Gasteiger partial charge in [0, 0.05) is 56.1 Å². The van der Waals surface area contributed by atoms with Gasteiger partial charge in [0.05, 0.1) is 6.04 Å². The lowest BCUT2D eigenvalue weighted by atomic mass is 9.94. The third kappa shape index (κ3) is 7.69. The summed E-state index contributed by atoms with van der Waals surface area (Å²) in [6.45, 7) is 5.26. The Morgan fingerprint density at radius 3 is 2.26 bits per heavy atom. The van der Waals surface area contributed by atoms with E-state index in [-0.39, 0.29) is 49.6 Å². The summed E-state index contributed by atoms with van der Waals surface area (Å²) in [4.78, 5) is 65.2. The number of rotatable bonds is 12. The fraction of sp³-hybridized carbons (Fsp3) is 0.349. The van der Waals surface area contributed by atoms with E-state index in [1.54, 1.807) is 14.7 Å². The van der Waals surface area contributed by atoms with E-state index in [0.717, 1.165) is 38.4 Å². The van der Waals surface area contributed by atoms with Crippen molar-refractivity contribution in [3.05, 3.63) is 120 Å². The summed E-state index contributed by atoms with van der Waals surface area (Å²) in [5.74, 6) is -1.13. The van der Waals surface area contributed by atoms with Crippen LogP contribution in [0.25, 0.3) is 21.7 Å². The Morgan fingerprint density at radius 1 is 0.774 bits per heavy atom. The van der Waals surface area contributed by atoms with Gasteiger partial charge in [0.15, 0.2) is 0 Å². The topological polar surface area (TPSA) is 132 Å². The van der Waals surface area contributed by atoms with Gasteiger partial charge >= 0.3 is 0 Å². The highest BCUT2D eigenvalue weighted by Gasteiger charge is 2.46. The fourth-order valence-corrected chi connectivity index (χ4v) is 8.12. The number of benzene rings is 4. The van der Waals surface area contributed by atoms with Crippen molar-refractivity contribution in [2.24, 2.45) is 11.7 Å². The number of carbonyl (C=O) groups excluding carboxylic acids is 4. The van der Waals surface area contributed by atoms with Crippen molar-refractivity contribution in [3.63, 3.8) is 0 Å². The molecule has 3 heterocycles. The van der Waals surface area contributed by atoms with Crippen LogP contribution in [0, 0.1) is 5.92 Å². The molecule has 10 heteroatoms. The molecule has 0 saturated carbocycles. The second-order valence-electron chi connectivity index (χ2n) is 14.8. The number of carbonyl (C=O) groups is 4. The second kappa shape index (κ2) is 15.6. The second-order valence-corrected chi connectivity index (χ2v) is 14.8. The molecule has 1 aromatic heterocycles. The Balaban J connectivity index is 1.22. The molecular formula is C43H48N6O4. The molecule has 10 nitrogen and oxygen atoms in total. The number of aromatic nitrogens is 1. The number of hydrogen-bond donors (Lipinski definition) is 3. The Labute approximate surface area is 310 Å². The van der Waals surface area contributed by atoms with E-state index in [9.17, 15) is 14.4 Å². The van der Waals surface area contributed by atoms with Gasteiger partial charge in [0.2, 0.25) is 23.6 Å². The van der Waals surface area contributed by atoms with Crippen LogP contribution in [0.4, 0.5) is 0 Å². The molecule has 2 saturated heterocycles. The number of nitrogens with two attached hydrogens (primary N) is 1. The maximum atomic E-state index is 15.2. The lowest BCUT2D eigenvalue weighted by molar-refractivity contribution is -0.160. The van der Waals surface area contributed by atoms with Crippen LogP contribution < -0.4 is 11.1 Å². The van der Waals surface area contributed by atoms with Gasteiger partial charge in [0.1, 0.15) is 18.1 Å². The lowest BCUT2D eigenvalue weighted by Gasteiger charge is -2.46. The summed E-state index contributed by atoms with van der Waals surface area (Å²) < 4.78 is 0. The maximum Gasteiger partial charge on any atom is 0.246 e. The van der Waals surface area contributed by atoms with Crippen LogP contribution in [0.3, 0.4) is 0 Å². The van der Waals surface area contributed by atoms with Gasteiger partial charge in [-0.3, -0.25) is 19.2 Å². The van der Waals surface area contributed by atoms with E-state index in [4.69, 9.17) is 5.73 Å². The van der Waals surface area contributed by atoms with Crippen molar-refractivity contribution in [2.45, 2.75) is 63.7 Å². The molecule has 2 aliphatic rings. The number of fused-ring (bicyclic) bond motifs is 2. The average Bonchev–Trinajstić information content (AvgIpc) is 3.57. The van der Waals surface area contributed by atoms with Gasteiger partial charge in [0.25, 0.3) is 0 Å². The van der Waals surface area contributed by atoms with E-state index in [0.29, 0.717) is 25.9 Å². The minimum Gasteiger partial charge on any atom is -0.368 e. The zero-order chi connectivity index (χ0) is 37.1. The highest BCUT2D eigenvalue weighted by atomic mass is 16.2. The molecule has 274 valence electrons. The van der Waals surface area contributed by atoms with E-state index >= 15 is 4.79 Å². The largest absolute Gasteiger partial charge is 0.368 e. The summed E-state index contributed by atoms with van der Waals surface area (Å²) in [7, 11) is 0.